The molecule has 0 spiro atoms. The molecule has 2 rings (SSSR count). The zero-order valence-corrected chi connectivity index (χ0v) is 12.9. The number of nitrogens with zero attached hydrogens (tertiary/aromatic N) is 3. The van der Waals surface area contributed by atoms with Crippen molar-refractivity contribution in [2.24, 2.45) is 0 Å². The normalized spacial score (nSPS) is 10.6. The Bertz CT molecular complexity index is 586. The largest absolute Gasteiger partial charge is 0.434 e. The van der Waals surface area contributed by atoms with Crippen molar-refractivity contribution in [1.29, 1.82) is 0 Å². The molecule has 20 heavy (non-hydrogen) atoms. The van der Waals surface area contributed by atoms with Crippen LogP contribution in [0.1, 0.15) is 20.3 Å². The monoisotopic (exact) mass is 314 g/mol. The summed E-state index contributed by atoms with van der Waals surface area (Å²) in [6.45, 7) is 5.60. The van der Waals surface area contributed by atoms with Crippen molar-refractivity contribution < 1.29 is 4.74 Å². The molecule has 1 N–H and O–H groups in total. The number of hydrogen-bond acceptors (Lipinski definition) is 4. The van der Waals surface area contributed by atoms with Crippen LogP contribution in [0.5, 0.6) is 11.6 Å². The molecular weight excluding hydrogens is 299 g/mol. The smallest absolute Gasteiger partial charge is 0.240 e. The highest BCUT2D eigenvalue weighted by Crippen LogP contribution is 2.33. The average Bonchev–Trinajstić information content (AvgIpc) is 2.83. The molecule has 0 radical (unpaired) electrons. The number of anilines is 1. The first-order chi connectivity index (χ1) is 9.63. The van der Waals surface area contributed by atoms with Gasteiger partial charge in [0.2, 0.25) is 5.88 Å². The van der Waals surface area contributed by atoms with Gasteiger partial charge in [0.05, 0.1) is 17.4 Å². The molecule has 0 unspecified atom stereocenters. The van der Waals surface area contributed by atoms with E-state index in [9.17, 15) is 0 Å². The van der Waals surface area contributed by atoms with Gasteiger partial charge < -0.3 is 10.1 Å². The van der Waals surface area contributed by atoms with Gasteiger partial charge in [-0.05, 0) is 19.4 Å². The first-order valence-corrected chi connectivity index (χ1v) is 7.19. The maximum atomic E-state index is 6.09. The molecule has 5 nitrogen and oxygen atoms in total. The Kier molecular flexibility index (Phi) is 5.09. The minimum atomic E-state index is 0.308. The number of rotatable bonds is 6. The Labute approximate surface area is 127 Å². The molecule has 0 saturated heterocycles. The molecule has 2 aromatic rings. The van der Waals surface area contributed by atoms with Crippen molar-refractivity contribution >= 4 is 29.0 Å². The van der Waals surface area contributed by atoms with E-state index in [1.807, 2.05) is 17.8 Å². The fraction of sp³-hybridized carbons (Fsp3) is 0.385. The number of nitrogens with one attached hydrogen (secondary N) is 1. The van der Waals surface area contributed by atoms with Crippen molar-refractivity contribution in [2.45, 2.75) is 26.8 Å². The first-order valence-electron chi connectivity index (χ1n) is 6.44. The summed E-state index contributed by atoms with van der Waals surface area (Å²) in [6.07, 6.45) is 4.45. The van der Waals surface area contributed by atoms with Crippen LogP contribution < -0.4 is 10.1 Å². The van der Waals surface area contributed by atoms with E-state index in [0.717, 1.165) is 13.0 Å². The molecule has 108 valence electrons. The lowest BCUT2D eigenvalue weighted by Crippen LogP contribution is -2.01. The minimum Gasteiger partial charge on any atom is -0.434 e. The molecule has 0 aliphatic heterocycles. The van der Waals surface area contributed by atoms with E-state index in [1.54, 1.807) is 12.3 Å². The van der Waals surface area contributed by atoms with Gasteiger partial charge in [0.25, 0.3) is 0 Å². The Morgan fingerprint density at radius 2 is 2.10 bits per heavy atom. The van der Waals surface area contributed by atoms with Crippen LogP contribution in [-0.4, -0.2) is 21.3 Å². The van der Waals surface area contributed by atoms with E-state index < -0.39 is 0 Å². The van der Waals surface area contributed by atoms with Crippen LogP contribution in [0.15, 0.2) is 18.5 Å². The van der Waals surface area contributed by atoms with Gasteiger partial charge in [0.15, 0.2) is 5.75 Å². The lowest BCUT2D eigenvalue weighted by atomic mass is 10.4. The van der Waals surface area contributed by atoms with Crippen LogP contribution in [0.3, 0.4) is 0 Å². The van der Waals surface area contributed by atoms with E-state index in [4.69, 9.17) is 27.9 Å². The lowest BCUT2D eigenvalue weighted by Gasteiger charge is -2.09. The number of hydrogen-bond donors (Lipinski definition) is 1. The van der Waals surface area contributed by atoms with Gasteiger partial charge in [-0.1, -0.05) is 30.1 Å². The van der Waals surface area contributed by atoms with Crippen LogP contribution in [0.25, 0.3) is 0 Å². The molecule has 2 heterocycles. The van der Waals surface area contributed by atoms with Gasteiger partial charge in [-0.2, -0.15) is 10.1 Å². The summed E-state index contributed by atoms with van der Waals surface area (Å²) in [7, 11) is 0. The zero-order chi connectivity index (χ0) is 14.5. The van der Waals surface area contributed by atoms with Crippen molar-refractivity contribution in [1.82, 2.24) is 14.8 Å². The lowest BCUT2D eigenvalue weighted by molar-refractivity contribution is 0.462. The zero-order valence-electron chi connectivity index (χ0n) is 11.4. The van der Waals surface area contributed by atoms with E-state index in [-0.39, 0.29) is 0 Å². The van der Waals surface area contributed by atoms with Gasteiger partial charge in [-0.25, -0.2) is 0 Å². The number of pyridine rings is 1. The molecular formula is C13H16Cl2N4O. The number of aryl methyl sites for hydroxylation is 1. The predicted molar refractivity (Wildman–Crippen MR) is 81.0 cm³/mol. The minimum absolute atomic E-state index is 0.308. The van der Waals surface area contributed by atoms with E-state index >= 15 is 0 Å². The summed E-state index contributed by atoms with van der Waals surface area (Å²) in [5.74, 6) is 1.45. The molecule has 0 amide bonds. The Balaban J connectivity index is 2.20. The summed E-state index contributed by atoms with van der Waals surface area (Å²) in [6, 6.07) is 1.61. The fourth-order valence-electron chi connectivity index (χ4n) is 1.67. The van der Waals surface area contributed by atoms with Crippen LogP contribution in [0.4, 0.5) is 5.82 Å². The van der Waals surface area contributed by atoms with E-state index in [2.05, 4.69) is 22.3 Å². The first kappa shape index (κ1) is 14.9. The van der Waals surface area contributed by atoms with Gasteiger partial charge in [-0.15, -0.1) is 0 Å². The summed E-state index contributed by atoms with van der Waals surface area (Å²) >= 11 is 12.1. The summed E-state index contributed by atoms with van der Waals surface area (Å²) in [5, 5.41) is 8.06. The van der Waals surface area contributed by atoms with Gasteiger partial charge in [0, 0.05) is 13.1 Å². The highest BCUT2D eigenvalue weighted by molar-refractivity contribution is 6.36. The van der Waals surface area contributed by atoms with Crippen molar-refractivity contribution in [2.75, 3.05) is 11.9 Å². The van der Waals surface area contributed by atoms with Crippen LogP contribution >= 0.6 is 23.2 Å². The molecule has 0 atom stereocenters. The molecule has 0 aromatic carbocycles. The van der Waals surface area contributed by atoms with Crippen molar-refractivity contribution in [3.63, 3.8) is 0 Å². The van der Waals surface area contributed by atoms with Crippen molar-refractivity contribution in [3.8, 4) is 11.6 Å². The SMILES string of the molecule is CCCn1cc(Oc2nc(NCC)c(Cl)cc2Cl)cn1. The molecule has 2 aromatic heterocycles. The van der Waals surface area contributed by atoms with Crippen LogP contribution in [-0.2, 0) is 6.54 Å². The Morgan fingerprint density at radius 1 is 1.30 bits per heavy atom. The third-order valence-electron chi connectivity index (χ3n) is 2.52. The number of ether oxygens (including phenoxy) is 1. The topological polar surface area (TPSA) is 52.0 Å². The highest BCUT2D eigenvalue weighted by Gasteiger charge is 2.12. The van der Waals surface area contributed by atoms with Crippen molar-refractivity contribution in [3.05, 3.63) is 28.5 Å². The molecule has 0 fully saturated rings. The van der Waals surface area contributed by atoms with E-state index in [0.29, 0.717) is 34.0 Å². The predicted octanol–water partition coefficient (Wildman–Crippen LogP) is 4.22. The second-order valence-electron chi connectivity index (χ2n) is 4.18. The Morgan fingerprint density at radius 3 is 2.80 bits per heavy atom. The average molecular weight is 315 g/mol. The molecule has 7 heteroatoms. The van der Waals surface area contributed by atoms with Gasteiger partial charge in [0.1, 0.15) is 10.8 Å². The third-order valence-corrected chi connectivity index (χ3v) is 3.08. The highest BCUT2D eigenvalue weighted by atomic mass is 35.5. The number of aromatic nitrogens is 3. The molecule has 0 aliphatic carbocycles. The maximum absolute atomic E-state index is 6.09. The maximum Gasteiger partial charge on any atom is 0.240 e. The van der Waals surface area contributed by atoms with Gasteiger partial charge >= 0.3 is 0 Å². The fourth-order valence-corrected chi connectivity index (χ4v) is 2.14. The summed E-state index contributed by atoms with van der Waals surface area (Å²) in [5.41, 5.74) is 0. The van der Waals surface area contributed by atoms with Crippen LogP contribution in [0, 0.1) is 0 Å². The van der Waals surface area contributed by atoms with E-state index in [1.165, 1.54) is 0 Å². The Hall–Kier alpha value is -1.46. The summed E-state index contributed by atoms with van der Waals surface area (Å²) in [4.78, 5) is 4.28. The molecule has 0 aliphatic rings. The standard InChI is InChI=1S/C13H16Cl2N4O/c1-3-5-19-8-9(7-17-19)20-13-11(15)6-10(14)12(18-13)16-4-2/h6-8H,3-5H2,1-2H3,(H,16,18). The second-order valence-corrected chi connectivity index (χ2v) is 4.99. The summed E-state index contributed by atoms with van der Waals surface area (Å²) < 4.78 is 7.46. The molecule has 0 saturated carbocycles. The quantitative estimate of drug-likeness (QED) is 0.867. The van der Waals surface area contributed by atoms with Crippen LogP contribution in [0.2, 0.25) is 10.0 Å². The number of halogens is 2. The second kappa shape index (κ2) is 6.81. The van der Waals surface area contributed by atoms with Gasteiger partial charge in [-0.3, -0.25) is 4.68 Å². The molecule has 0 bridgehead atoms. The third kappa shape index (κ3) is 3.55.